The smallest absolute Gasteiger partial charge is 0.333 e. The number of nitrogens with one attached hydrogen (secondary N) is 4. The first-order chi connectivity index (χ1) is 19.1. The number of sulfonamides is 1. The molecule has 4 N–H and O–H groups in total. The molecule has 2 heterocycles. The summed E-state index contributed by atoms with van der Waals surface area (Å²) in [6, 6.07) is 18.3. The zero-order chi connectivity index (χ0) is 28.4. The Morgan fingerprint density at radius 3 is 2.33 bits per heavy atom. The summed E-state index contributed by atoms with van der Waals surface area (Å²) in [5.74, 6) is -0.328. The fourth-order valence-electron chi connectivity index (χ4n) is 3.83. The summed E-state index contributed by atoms with van der Waals surface area (Å²) < 4.78 is 40.7. The van der Waals surface area contributed by atoms with Crippen LogP contribution < -0.4 is 26.6 Å². The minimum atomic E-state index is -4.10. The van der Waals surface area contributed by atoms with Crippen molar-refractivity contribution in [2.75, 3.05) is 10.6 Å². The highest BCUT2D eigenvalue weighted by molar-refractivity contribution is 7.92. The van der Waals surface area contributed by atoms with Gasteiger partial charge in [-0.2, -0.15) is 0 Å². The third-order valence-electron chi connectivity index (χ3n) is 5.73. The van der Waals surface area contributed by atoms with Gasteiger partial charge in [-0.25, -0.2) is 31.7 Å². The van der Waals surface area contributed by atoms with Gasteiger partial charge in [-0.05, 0) is 72.3 Å². The molecule has 0 radical (unpaired) electrons. The maximum absolute atomic E-state index is 13.2. The van der Waals surface area contributed by atoms with Crippen molar-refractivity contribution in [2.45, 2.75) is 10.8 Å². The van der Waals surface area contributed by atoms with E-state index in [0.717, 1.165) is 21.5 Å². The molecule has 0 saturated carbocycles. The van der Waals surface area contributed by atoms with Crippen LogP contribution in [0.2, 0.25) is 4.34 Å². The number of rotatable bonds is 7. The molecule has 0 spiro atoms. The molecule has 0 aliphatic rings. The van der Waals surface area contributed by atoms with Gasteiger partial charge < -0.3 is 15.6 Å². The lowest BCUT2D eigenvalue weighted by atomic mass is 10.2. The van der Waals surface area contributed by atoms with E-state index in [4.69, 9.17) is 11.6 Å². The van der Waals surface area contributed by atoms with Crippen LogP contribution in [-0.2, 0) is 16.6 Å². The molecular weight excluding hydrogens is 581 g/mol. The minimum Gasteiger partial charge on any atom is -0.381 e. The van der Waals surface area contributed by atoms with Crippen LogP contribution in [0.5, 0.6) is 0 Å². The lowest BCUT2D eigenvalue weighted by Crippen LogP contribution is -2.34. The lowest BCUT2D eigenvalue weighted by Gasteiger charge is -2.11. The quantitative estimate of drug-likeness (QED) is 0.214. The number of anilines is 2. The predicted octanol–water partition coefficient (Wildman–Crippen LogP) is 4.66. The highest BCUT2D eigenvalue weighted by Gasteiger charge is 2.20. The van der Waals surface area contributed by atoms with Crippen molar-refractivity contribution in [2.24, 2.45) is 0 Å². The van der Waals surface area contributed by atoms with Crippen molar-refractivity contribution in [1.29, 1.82) is 0 Å². The topological polar surface area (TPSA) is 142 Å². The van der Waals surface area contributed by atoms with E-state index in [9.17, 15) is 27.2 Å². The lowest BCUT2D eigenvalue weighted by molar-refractivity contribution is 0.256. The first-order valence-electron chi connectivity index (χ1n) is 11.6. The van der Waals surface area contributed by atoms with E-state index < -0.39 is 27.3 Å². The molecule has 3 aromatic carbocycles. The first kappa shape index (κ1) is 27.1. The molecule has 14 heteroatoms. The second kappa shape index (κ2) is 11.0. The van der Waals surface area contributed by atoms with Crippen molar-refractivity contribution in [3.8, 4) is 5.69 Å². The van der Waals surface area contributed by atoms with E-state index in [1.165, 1.54) is 48.5 Å². The van der Waals surface area contributed by atoms with Gasteiger partial charge in [-0.15, -0.1) is 11.3 Å². The summed E-state index contributed by atoms with van der Waals surface area (Å²) in [6.45, 7) is 0.416. The molecule has 0 unspecified atom stereocenters. The molecule has 10 nitrogen and oxygen atoms in total. The largest absolute Gasteiger partial charge is 0.381 e. The Labute approximate surface area is 235 Å². The molecule has 0 atom stereocenters. The van der Waals surface area contributed by atoms with Gasteiger partial charge in [0.25, 0.3) is 15.6 Å². The summed E-state index contributed by atoms with van der Waals surface area (Å²) in [5, 5.41) is 5.83. The zero-order valence-electron chi connectivity index (χ0n) is 20.3. The van der Waals surface area contributed by atoms with E-state index in [2.05, 4.69) is 15.6 Å². The molecule has 0 aliphatic carbocycles. The molecule has 204 valence electrons. The number of H-pyrrole nitrogens is 1. The first-order valence-corrected chi connectivity index (χ1v) is 14.2. The fraction of sp³-hybridized carbons (Fsp3) is 0.0385. The molecule has 5 aromatic rings. The molecule has 0 aliphatic heterocycles. The Hall–Kier alpha value is -4.46. The number of halogens is 2. The number of aromatic nitrogens is 2. The van der Waals surface area contributed by atoms with Gasteiger partial charge in [-0.1, -0.05) is 23.7 Å². The van der Waals surface area contributed by atoms with Crippen LogP contribution in [0.25, 0.3) is 16.6 Å². The van der Waals surface area contributed by atoms with Crippen LogP contribution in [0.1, 0.15) is 5.56 Å². The standard InChI is InChI=1S/C26H19ClFN5O5S2/c27-22-11-12-23(39-22)40(37,38)32-25(35)30-17-5-8-19(9-6-17)33-24(34)20-10-7-18(13-21(20)31-26(33)36)29-14-15-1-3-16(28)4-2-15/h1-13,29H,14H2,(H,31,36)(H2,30,32,35). The number of hydrogen-bond donors (Lipinski definition) is 4. The molecule has 2 amide bonds. The second-order valence-electron chi connectivity index (χ2n) is 8.48. The van der Waals surface area contributed by atoms with Gasteiger partial charge in [0.2, 0.25) is 0 Å². The predicted molar refractivity (Wildman–Crippen MR) is 153 cm³/mol. The molecular formula is C26H19ClFN5O5S2. The van der Waals surface area contributed by atoms with Crippen LogP contribution in [0.4, 0.5) is 20.6 Å². The zero-order valence-corrected chi connectivity index (χ0v) is 22.7. The number of carbonyl (C=O) groups excluding carboxylic acids is 1. The maximum Gasteiger partial charge on any atom is 0.333 e. The Morgan fingerprint density at radius 2 is 1.65 bits per heavy atom. The normalized spacial score (nSPS) is 11.3. The molecule has 0 bridgehead atoms. The average Bonchev–Trinajstić information content (AvgIpc) is 3.36. The van der Waals surface area contributed by atoms with Gasteiger partial charge in [0.05, 0.1) is 20.9 Å². The van der Waals surface area contributed by atoms with Gasteiger partial charge in [0, 0.05) is 17.9 Å². The number of nitrogens with zero attached hydrogens (tertiary/aromatic N) is 1. The summed E-state index contributed by atoms with van der Waals surface area (Å²) in [7, 11) is -4.10. The SMILES string of the molecule is O=C(Nc1ccc(-n2c(=O)[nH]c3cc(NCc4ccc(F)cc4)ccc3c2=O)cc1)NS(=O)(=O)c1ccc(Cl)s1. The van der Waals surface area contributed by atoms with Crippen molar-refractivity contribution < 1.29 is 17.6 Å². The number of urea groups is 1. The van der Waals surface area contributed by atoms with E-state index in [-0.39, 0.29) is 31.1 Å². The van der Waals surface area contributed by atoms with Gasteiger partial charge in [-0.3, -0.25) is 4.79 Å². The van der Waals surface area contributed by atoms with E-state index >= 15 is 0 Å². The van der Waals surface area contributed by atoms with E-state index in [1.54, 1.807) is 30.3 Å². The van der Waals surface area contributed by atoms with Crippen LogP contribution >= 0.6 is 22.9 Å². The summed E-state index contributed by atoms with van der Waals surface area (Å²) >= 11 is 6.57. The van der Waals surface area contributed by atoms with Crippen LogP contribution in [0.3, 0.4) is 0 Å². The summed E-state index contributed by atoms with van der Waals surface area (Å²) in [5.41, 5.74) is 1.08. The Kier molecular flexibility index (Phi) is 7.43. The third kappa shape index (κ3) is 5.91. The molecule has 0 fully saturated rings. The third-order valence-corrected chi connectivity index (χ3v) is 8.79. The molecule has 0 saturated heterocycles. The summed E-state index contributed by atoms with van der Waals surface area (Å²) in [6.07, 6.45) is 0. The average molecular weight is 600 g/mol. The second-order valence-corrected chi connectivity index (χ2v) is 12.1. The number of benzene rings is 3. The van der Waals surface area contributed by atoms with E-state index in [0.29, 0.717) is 17.7 Å². The number of carbonyl (C=O) groups is 1. The number of amides is 2. The van der Waals surface area contributed by atoms with Gasteiger partial charge in [0.15, 0.2) is 0 Å². The van der Waals surface area contributed by atoms with Crippen molar-refractivity contribution >= 4 is 61.3 Å². The number of fused-ring (bicyclic) bond motifs is 1. The van der Waals surface area contributed by atoms with Crippen molar-refractivity contribution in [1.82, 2.24) is 14.3 Å². The number of hydrogen-bond acceptors (Lipinski definition) is 7. The van der Waals surface area contributed by atoms with E-state index in [1.807, 2.05) is 4.72 Å². The Morgan fingerprint density at radius 1 is 0.950 bits per heavy atom. The maximum atomic E-state index is 13.2. The molecule has 40 heavy (non-hydrogen) atoms. The van der Waals surface area contributed by atoms with Crippen LogP contribution in [-0.4, -0.2) is 24.0 Å². The minimum absolute atomic E-state index is 0.117. The Balaban J connectivity index is 1.31. The summed E-state index contributed by atoms with van der Waals surface area (Å²) in [4.78, 5) is 40.9. The Bertz CT molecular complexity index is 1950. The number of thiophene rings is 1. The molecule has 5 rings (SSSR count). The van der Waals surface area contributed by atoms with Crippen molar-refractivity contribution in [3.63, 3.8) is 0 Å². The van der Waals surface area contributed by atoms with Crippen molar-refractivity contribution in [3.05, 3.63) is 115 Å². The highest BCUT2D eigenvalue weighted by Crippen LogP contribution is 2.25. The van der Waals surface area contributed by atoms with Gasteiger partial charge in [0.1, 0.15) is 10.0 Å². The van der Waals surface area contributed by atoms with Gasteiger partial charge >= 0.3 is 11.7 Å². The van der Waals surface area contributed by atoms with Crippen LogP contribution in [0, 0.1) is 5.82 Å². The monoisotopic (exact) mass is 599 g/mol. The van der Waals surface area contributed by atoms with Crippen LogP contribution in [0.15, 0.2) is 92.7 Å². The highest BCUT2D eigenvalue weighted by atomic mass is 35.5. The number of aromatic amines is 1. The fourth-order valence-corrected chi connectivity index (χ4v) is 6.22. The molecule has 2 aromatic heterocycles.